The van der Waals surface area contributed by atoms with Crippen LogP contribution in [0.4, 0.5) is 5.69 Å². The monoisotopic (exact) mass is 364 g/mol. The highest BCUT2D eigenvalue weighted by Crippen LogP contribution is 2.24. The molecule has 0 aliphatic heterocycles. The van der Waals surface area contributed by atoms with E-state index in [2.05, 4.69) is 5.32 Å². The van der Waals surface area contributed by atoms with Crippen LogP contribution >= 0.6 is 11.3 Å². The number of methoxy groups -OCH3 is 1. The van der Waals surface area contributed by atoms with Crippen LogP contribution in [-0.4, -0.2) is 30.5 Å². The summed E-state index contributed by atoms with van der Waals surface area (Å²) in [5.41, 5.74) is -0.390. The van der Waals surface area contributed by atoms with Crippen molar-refractivity contribution in [3.8, 4) is 5.75 Å². The van der Waals surface area contributed by atoms with Gasteiger partial charge in [0.15, 0.2) is 6.61 Å². The van der Waals surface area contributed by atoms with Gasteiger partial charge in [0.25, 0.3) is 11.6 Å². The largest absolute Gasteiger partial charge is 0.496 e. The van der Waals surface area contributed by atoms with Gasteiger partial charge in [-0.2, -0.15) is 0 Å². The first-order valence-corrected chi connectivity index (χ1v) is 8.12. The second-order valence-corrected chi connectivity index (χ2v) is 6.00. The van der Waals surface area contributed by atoms with E-state index in [1.165, 1.54) is 30.6 Å². The molecule has 1 atom stereocenters. The summed E-state index contributed by atoms with van der Waals surface area (Å²) in [7, 11) is 1.33. The molecule has 1 heterocycles. The Kier molecular flexibility index (Phi) is 6.07. The van der Waals surface area contributed by atoms with Gasteiger partial charge in [-0.1, -0.05) is 6.07 Å². The smallest absolute Gasteiger partial charge is 0.342 e. The molecule has 2 rings (SSSR count). The molecule has 0 fully saturated rings. The van der Waals surface area contributed by atoms with Crippen molar-refractivity contribution in [1.29, 1.82) is 0 Å². The number of nitro benzene ring substituents is 1. The Bertz CT molecular complexity index is 775. The van der Waals surface area contributed by atoms with Crippen molar-refractivity contribution >= 4 is 28.9 Å². The van der Waals surface area contributed by atoms with E-state index in [4.69, 9.17) is 9.47 Å². The number of hydrogen-bond acceptors (Lipinski definition) is 7. The van der Waals surface area contributed by atoms with Gasteiger partial charge in [0.1, 0.15) is 11.3 Å². The maximum atomic E-state index is 12.1. The van der Waals surface area contributed by atoms with Gasteiger partial charge in [-0.3, -0.25) is 14.9 Å². The SMILES string of the molecule is COc1ccc([N+](=O)[O-])cc1C(=O)OCC(=O)N[C@H](C)c1cccs1. The normalized spacial score (nSPS) is 11.4. The van der Waals surface area contributed by atoms with Crippen molar-refractivity contribution < 1.29 is 24.0 Å². The molecular weight excluding hydrogens is 348 g/mol. The molecule has 1 amide bonds. The molecule has 0 saturated heterocycles. The molecular formula is C16H16N2O6S. The molecule has 8 nitrogen and oxygen atoms in total. The lowest BCUT2D eigenvalue weighted by Gasteiger charge is -2.13. The highest BCUT2D eigenvalue weighted by molar-refractivity contribution is 7.10. The van der Waals surface area contributed by atoms with Crippen LogP contribution in [0.25, 0.3) is 0 Å². The minimum Gasteiger partial charge on any atom is -0.496 e. The minimum atomic E-state index is -0.875. The Balaban J connectivity index is 1.98. The first kappa shape index (κ1) is 18.4. The first-order valence-electron chi connectivity index (χ1n) is 7.24. The third-order valence-electron chi connectivity index (χ3n) is 3.30. The van der Waals surface area contributed by atoms with Crippen LogP contribution in [0, 0.1) is 10.1 Å². The number of nitro groups is 1. The summed E-state index contributed by atoms with van der Waals surface area (Å²) in [5.74, 6) is -1.22. The fourth-order valence-electron chi connectivity index (χ4n) is 2.07. The van der Waals surface area contributed by atoms with Gasteiger partial charge in [-0.05, 0) is 24.4 Å². The Morgan fingerprint density at radius 1 is 1.36 bits per heavy atom. The number of thiophene rings is 1. The molecule has 0 saturated carbocycles. The van der Waals surface area contributed by atoms with E-state index >= 15 is 0 Å². The molecule has 9 heteroatoms. The number of carbonyl (C=O) groups excluding carboxylic acids is 2. The van der Waals surface area contributed by atoms with Crippen LogP contribution in [-0.2, 0) is 9.53 Å². The summed E-state index contributed by atoms with van der Waals surface area (Å²) >= 11 is 1.50. The average Bonchev–Trinajstić information content (AvgIpc) is 3.13. The molecule has 0 aliphatic rings. The van der Waals surface area contributed by atoms with E-state index < -0.39 is 23.4 Å². The molecule has 132 valence electrons. The summed E-state index contributed by atoms with van der Waals surface area (Å²) in [4.78, 5) is 35.2. The Hall–Kier alpha value is -2.94. The van der Waals surface area contributed by atoms with Gasteiger partial charge in [0.2, 0.25) is 0 Å². The van der Waals surface area contributed by atoms with Crippen molar-refractivity contribution in [1.82, 2.24) is 5.32 Å². The lowest BCUT2D eigenvalue weighted by atomic mass is 10.2. The third kappa shape index (κ3) is 4.77. The number of hydrogen-bond donors (Lipinski definition) is 1. The third-order valence-corrected chi connectivity index (χ3v) is 4.35. The van der Waals surface area contributed by atoms with E-state index in [0.717, 1.165) is 10.9 Å². The molecule has 1 aromatic heterocycles. The highest BCUT2D eigenvalue weighted by Gasteiger charge is 2.20. The minimum absolute atomic E-state index is 0.115. The number of rotatable bonds is 7. The van der Waals surface area contributed by atoms with Crippen molar-refractivity contribution in [3.05, 3.63) is 56.3 Å². The maximum absolute atomic E-state index is 12.1. The maximum Gasteiger partial charge on any atom is 0.342 e. The lowest BCUT2D eigenvalue weighted by Crippen LogP contribution is -2.30. The molecule has 1 aromatic carbocycles. The Labute approximate surface area is 147 Å². The van der Waals surface area contributed by atoms with Gasteiger partial charge in [0, 0.05) is 17.0 Å². The van der Waals surface area contributed by atoms with Crippen molar-refractivity contribution in [2.45, 2.75) is 13.0 Å². The van der Waals surface area contributed by atoms with Gasteiger partial charge in [-0.15, -0.1) is 11.3 Å². The number of esters is 1. The first-order chi connectivity index (χ1) is 11.9. The van der Waals surface area contributed by atoms with E-state index in [9.17, 15) is 19.7 Å². The number of non-ortho nitro benzene ring substituents is 1. The topological polar surface area (TPSA) is 108 Å². The van der Waals surface area contributed by atoms with Gasteiger partial charge < -0.3 is 14.8 Å². The molecule has 0 bridgehead atoms. The molecule has 2 aromatic rings. The van der Waals surface area contributed by atoms with Crippen LogP contribution < -0.4 is 10.1 Å². The molecule has 25 heavy (non-hydrogen) atoms. The number of benzene rings is 1. The quantitative estimate of drug-likeness (QED) is 0.460. The lowest BCUT2D eigenvalue weighted by molar-refractivity contribution is -0.384. The zero-order chi connectivity index (χ0) is 18.4. The second kappa shape index (κ2) is 8.25. The van der Waals surface area contributed by atoms with Crippen LogP contribution in [0.1, 0.15) is 28.2 Å². The Morgan fingerprint density at radius 2 is 2.12 bits per heavy atom. The number of nitrogens with one attached hydrogen (secondary N) is 1. The Morgan fingerprint density at radius 3 is 2.72 bits per heavy atom. The summed E-state index contributed by atoms with van der Waals surface area (Å²) in [6.07, 6.45) is 0. The van der Waals surface area contributed by atoms with Gasteiger partial charge >= 0.3 is 5.97 Å². The van der Waals surface area contributed by atoms with Crippen LogP contribution in [0.5, 0.6) is 5.75 Å². The number of amides is 1. The standard InChI is InChI=1S/C16H16N2O6S/c1-10(14-4-3-7-25-14)17-15(19)9-24-16(20)12-8-11(18(21)22)5-6-13(12)23-2/h3-8,10H,9H2,1-2H3,(H,17,19)/t10-/m1/s1. The molecule has 0 aliphatic carbocycles. The molecule has 0 unspecified atom stereocenters. The fourth-order valence-corrected chi connectivity index (χ4v) is 2.80. The predicted molar refractivity (Wildman–Crippen MR) is 90.8 cm³/mol. The summed E-state index contributed by atoms with van der Waals surface area (Å²) < 4.78 is 9.93. The van der Waals surface area contributed by atoms with Crippen LogP contribution in [0.2, 0.25) is 0 Å². The summed E-state index contributed by atoms with van der Waals surface area (Å²) in [6, 6.07) is 7.11. The van der Waals surface area contributed by atoms with Gasteiger partial charge in [0.05, 0.1) is 18.1 Å². The van der Waals surface area contributed by atoms with Crippen molar-refractivity contribution in [2.75, 3.05) is 13.7 Å². The number of ether oxygens (including phenoxy) is 2. The van der Waals surface area contributed by atoms with Gasteiger partial charge in [-0.25, -0.2) is 4.79 Å². The second-order valence-electron chi connectivity index (χ2n) is 5.02. The van der Waals surface area contributed by atoms with Crippen LogP contribution in [0.15, 0.2) is 35.7 Å². The number of carbonyl (C=O) groups is 2. The fraction of sp³-hybridized carbons (Fsp3) is 0.250. The zero-order valence-electron chi connectivity index (χ0n) is 13.6. The highest BCUT2D eigenvalue weighted by atomic mass is 32.1. The van der Waals surface area contributed by atoms with E-state index in [1.807, 2.05) is 24.4 Å². The molecule has 0 radical (unpaired) electrons. The summed E-state index contributed by atoms with van der Waals surface area (Å²) in [5, 5.41) is 15.4. The average molecular weight is 364 g/mol. The van der Waals surface area contributed by atoms with E-state index in [0.29, 0.717) is 0 Å². The van der Waals surface area contributed by atoms with E-state index in [-0.39, 0.29) is 23.0 Å². The zero-order valence-corrected chi connectivity index (χ0v) is 14.4. The molecule has 1 N–H and O–H groups in total. The van der Waals surface area contributed by atoms with E-state index in [1.54, 1.807) is 0 Å². The summed E-state index contributed by atoms with van der Waals surface area (Å²) in [6.45, 7) is 1.32. The van der Waals surface area contributed by atoms with Crippen molar-refractivity contribution in [3.63, 3.8) is 0 Å². The number of nitrogens with zero attached hydrogens (tertiary/aromatic N) is 1. The van der Waals surface area contributed by atoms with Crippen LogP contribution in [0.3, 0.4) is 0 Å². The molecule has 0 spiro atoms. The predicted octanol–water partition coefficient (Wildman–Crippen LogP) is 2.70. The van der Waals surface area contributed by atoms with Crippen molar-refractivity contribution in [2.24, 2.45) is 0 Å².